The van der Waals surface area contributed by atoms with Crippen molar-refractivity contribution in [3.8, 4) is 0 Å². The Morgan fingerprint density at radius 2 is 1.94 bits per heavy atom. The van der Waals surface area contributed by atoms with E-state index in [1.807, 2.05) is 0 Å². The molecule has 0 aromatic carbocycles. The summed E-state index contributed by atoms with van der Waals surface area (Å²) < 4.78 is 0. The fraction of sp³-hybridized carbons (Fsp3) is 0.818. The van der Waals surface area contributed by atoms with Crippen LogP contribution in [0.15, 0.2) is 0 Å². The second-order valence-corrected chi connectivity index (χ2v) is 4.99. The Hall–Kier alpha value is -1.10. The predicted molar refractivity (Wildman–Crippen MR) is 61.6 cm³/mol. The molecule has 1 saturated heterocycles. The molecule has 0 saturated carbocycles. The lowest BCUT2D eigenvalue weighted by Crippen LogP contribution is -2.45. The van der Waals surface area contributed by atoms with Gasteiger partial charge in [-0.1, -0.05) is 0 Å². The quantitative estimate of drug-likeness (QED) is 0.612. The van der Waals surface area contributed by atoms with Crippen molar-refractivity contribution in [3.63, 3.8) is 0 Å². The topological polar surface area (TPSA) is 84.2 Å². The largest absolute Gasteiger partial charge is 0.369 e. The van der Waals surface area contributed by atoms with Gasteiger partial charge in [-0.3, -0.25) is 9.59 Å². The number of hydrogen-bond donors (Lipinski definition) is 3. The summed E-state index contributed by atoms with van der Waals surface area (Å²) in [7, 11) is 0. The molecule has 0 radical (unpaired) electrons. The van der Waals surface area contributed by atoms with E-state index in [9.17, 15) is 9.59 Å². The van der Waals surface area contributed by atoms with Gasteiger partial charge in [-0.15, -0.1) is 0 Å². The first-order chi connectivity index (χ1) is 7.43. The summed E-state index contributed by atoms with van der Waals surface area (Å²) in [6, 6.07) is 0. The molecule has 1 aliphatic rings. The molecule has 4 N–H and O–H groups in total. The van der Waals surface area contributed by atoms with Crippen LogP contribution in [-0.2, 0) is 9.59 Å². The minimum atomic E-state index is -0.678. The van der Waals surface area contributed by atoms with Gasteiger partial charge in [0.15, 0.2) is 0 Å². The maximum Gasteiger partial charge on any atom is 0.224 e. The Morgan fingerprint density at radius 3 is 2.44 bits per heavy atom. The molecular formula is C11H21N3O2. The SMILES string of the molecule is CC(C)(CNC(=O)C1CCNCC1)C(N)=O. The van der Waals surface area contributed by atoms with E-state index in [-0.39, 0.29) is 11.8 Å². The molecule has 0 aliphatic carbocycles. The number of piperidine rings is 1. The Bertz CT molecular complexity index is 270. The van der Waals surface area contributed by atoms with Gasteiger partial charge >= 0.3 is 0 Å². The first-order valence-electron chi connectivity index (χ1n) is 5.72. The molecule has 0 aromatic heterocycles. The molecule has 0 spiro atoms. The summed E-state index contributed by atoms with van der Waals surface area (Å²) in [6.45, 7) is 5.55. The van der Waals surface area contributed by atoms with Crippen LogP contribution in [0.25, 0.3) is 0 Å². The van der Waals surface area contributed by atoms with E-state index >= 15 is 0 Å². The van der Waals surface area contributed by atoms with Gasteiger partial charge in [0.05, 0.1) is 5.41 Å². The average Bonchev–Trinajstić information content (AvgIpc) is 2.27. The van der Waals surface area contributed by atoms with Gasteiger partial charge in [-0.05, 0) is 39.8 Å². The van der Waals surface area contributed by atoms with Crippen molar-refractivity contribution in [1.29, 1.82) is 0 Å². The third-order valence-corrected chi connectivity index (χ3v) is 3.08. The number of primary amides is 1. The van der Waals surface area contributed by atoms with Gasteiger partial charge in [0.2, 0.25) is 11.8 Å². The molecule has 1 rings (SSSR count). The zero-order valence-electron chi connectivity index (χ0n) is 10.0. The van der Waals surface area contributed by atoms with Crippen LogP contribution in [0.2, 0.25) is 0 Å². The van der Waals surface area contributed by atoms with E-state index in [2.05, 4.69) is 10.6 Å². The van der Waals surface area contributed by atoms with Crippen molar-refractivity contribution in [3.05, 3.63) is 0 Å². The molecule has 0 atom stereocenters. The fourth-order valence-corrected chi connectivity index (χ4v) is 1.62. The smallest absolute Gasteiger partial charge is 0.224 e. The molecule has 5 nitrogen and oxygen atoms in total. The Labute approximate surface area is 96.1 Å². The predicted octanol–water partition coefficient (Wildman–Crippen LogP) is -0.386. The van der Waals surface area contributed by atoms with Gasteiger partial charge in [-0.2, -0.15) is 0 Å². The van der Waals surface area contributed by atoms with E-state index in [1.165, 1.54) is 0 Å². The van der Waals surface area contributed by atoms with Crippen LogP contribution in [0.5, 0.6) is 0 Å². The molecule has 1 heterocycles. The van der Waals surface area contributed by atoms with Crippen LogP contribution < -0.4 is 16.4 Å². The number of nitrogens with two attached hydrogens (primary N) is 1. The van der Waals surface area contributed by atoms with Gasteiger partial charge in [-0.25, -0.2) is 0 Å². The molecule has 1 fully saturated rings. The minimum absolute atomic E-state index is 0.0378. The summed E-state index contributed by atoms with van der Waals surface area (Å²) in [4.78, 5) is 22.8. The Kier molecular flexibility index (Phi) is 4.29. The standard InChI is InChI=1S/C11H21N3O2/c1-11(2,10(12)16)7-14-9(15)8-3-5-13-6-4-8/h8,13H,3-7H2,1-2H3,(H2,12,16)(H,14,15). The summed E-state index contributed by atoms with van der Waals surface area (Å²) in [5, 5.41) is 6.01. The van der Waals surface area contributed by atoms with Crippen LogP contribution in [0.4, 0.5) is 0 Å². The highest BCUT2D eigenvalue weighted by Crippen LogP contribution is 2.15. The number of rotatable bonds is 4. The monoisotopic (exact) mass is 227 g/mol. The van der Waals surface area contributed by atoms with Gasteiger partial charge < -0.3 is 16.4 Å². The van der Waals surface area contributed by atoms with Crippen LogP contribution in [0.3, 0.4) is 0 Å². The first kappa shape index (κ1) is 13.0. The number of carbonyl (C=O) groups is 2. The molecule has 0 bridgehead atoms. The second kappa shape index (κ2) is 5.30. The molecule has 16 heavy (non-hydrogen) atoms. The van der Waals surface area contributed by atoms with E-state index in [0.29, 0.717) is 6.54 Å². The minimum Gasteiger partial charge on any atom is -0.369 e. The van der Waals surface area contributed by atoms with Crippen LogP contribution >= 0.6 is 0 Å². The van der Waals surface area contributed by atoms with Crippen molar-refractivity contribution >= 4 is 11.8 Å². The molecule has 92 valence electrons. The number of amides is 2. The van der Waals surface area contributed by atoms with E-state index in [0.717, 1.165) is 25.9 Å². The van der Waals surface area contributed by atoms with Crippen molar-refractivity contribution in [1.82, 2.24) is 10.6 Å². The van der Waals surface area contributed by atoms with Gasteiger partial charge in [0.1, 0.15) is 0 Å². The first-order valence-corrected chi connectivity index (χ1v) is 5.72. The molecule has 2 amide bonds. The average molecular weight is 227 g/mol. The highest BCUT2D eigenvalue weighted by molar-refractivity contribution is 5.82. The molecule has 5 heteroatoms. The third kappa shape index (κ3) is 3.48. The molecular weight excluding hydrogens is 206 g/mol. The van der Waals surface area contributed by atoms with Gasteiger partial charge in [0.25, 0.3) is 0 Å². The van der Waals surface area contributed by atoms with Gasteiger partial charge in [0, 0.05) is 12.5 Å². The zero-order valence-corrected chi connectivity index (χ0v) is 10.0. The number of hydrogen-bond acceptors (Lipinski definition) is 3. The van der Waals surface area contributed by atoms with Crippen molar-refractivity contribution < 1.29 is 9.59 Å². The van der Waals surface area contributed by atoms with Crippen LogP contribution in [-0.4, -0.2) is 31.4 Å². The van der Waals surface area contributed by atoms with Crippen molar-refractivity contribution in [2.75, 3.05) is 19.6 Å². The highest BCUT2D eigenvalue weighted by Gasteiger charge is 2.27. The van der Waals surface area contributed by atoms with Crippen LogP contribution in [0.1, 0.15) is 26.7 Å². The molecule has 0 aromatic rings. The zero-order chi connectivity index (χ0) is 12.2. The summed E-state index contributed by atoms with van der Waals surface area (Å²) in [6.07, 6.45) is 1.73. The normalized spacial score (nSPS) is 18.1. The van der Waals surface area contributed by atoms with E-state index in [1.54, 1.807) is 13.8 Å². The second-order valence-electron chi connectivity index (χ2n) is 4.99. The van der Waals surface area contributed by atoms with Crippen LogP contribution in [0, 0.1) is 11.3 Å². The number of carbonyl (C=O) groups excluding carboxylic acids is 2. The van der Waals surface area contributed by atoms with E-state index in [4.69, 9.17) is 5.73 Å². The Balaban J connectivity index is 2.37. The highest BCUT2D eigenvalue weighted by atomic mass is 16.2. The molecule has 0 unspecified atom stereocenters. The maximum atomic E-state index is 11.8. The lowest BCUT2D eigenvalue weighted by Gasteiger charge is -2.25. The summed E-state index contributed by atoms with van der Waals surface area (Å²) >= 11 is 0. The maximum absolute atomic E-state index is 11.8. The van der Waals surface area contributed by atoms with Crippen molar-refractivity contribution in [2.45, 2.75) is 26.7 Å². The lowest BCUT2D eigenvalue weighted by molar-refractivity contribution is -0.128. The Morgan fingerprint density at radius 1 is 1.38 bits per heavy atom. The van der Waals surface area contributed by atoms with E-state index < -0.39 is 11.3 Å². The fourth-order valence-electron chi connectivity index (χ4n) is 1.62. The third-order valence-electron chi connectivity index (χ3n) is 3.08. The lowest BCUT2D eigenvalue weighted by atomic mass is 9.91. The van der Waals surface area contributed by atoms with Crippen molar-refractivity contribution in [2.24, 2.45) is 17.1 Å². The summed E-state index contributed by atoms with van der Waals surface area (Å²) in [5.41, 5.74) is 4.56. The summed E-state index contributed by atoms with van der Waals surface area (Å²) in [5.74, 6) is -0.279. The molecule has 1 aliphatic heterocycles. The number of nitrogens with one attached hydrogen (secondary N) is 2.